The van der Waals surface area contributed by atoms with Gasteiger partial charge in [0.2, 0.25) is 0 Å². The van der Waals surface area contributed by atoms with E-state index in [1.54, 1.807) is 18.2 Å². The van der Waals surface area contributed by atoms with Gasteiger partial charge in [0, 0.05) is 30.1 Å². The number of hydrogen-bond acceptors (Lipinski definition) is 4. The molecule has 1 saturated heterocycles. The van der Waals surface area contributed by atoms with Crippen LogP contribution in [0.25, 0.3) is 11.3 Å². The molecule has 1 aliphatic heterocycles. The monoisotopic (exact) mass is 401 g/mol. The van der Waals surface area contributed by atoms with Crippen LogP contribution in [0.1, 0.15) is 32.1 Å². The normalized spacial score (nSPS) is 23.4. The molecule has 1 atom stereocenters. The van der Waals surface area contributed by atoms with Crippen LogP contribution in [0.2, 0.25) is 0 Å². The average molecular weight is 401 g/mol. The van der Waals surface area contributed by atoms with Crippen LogP contribution < -0.4 is 5.56 Å². The Morgan fingerprint density at radius 3 is 2.59 bits per heavy atom. The molecular weight excluding hydrogens is 377 g/mol. The Morgan fingerprint density at radius 2 is 1.93 bits per heavy atom. The van der Waals surface area contributed by atoms with Gasteiger partial charge in [-0.25, -0.2) is 14.2 Å². The van der Waals surface area contributed by atoms with Gasteiger partial charge in [-0.3, -0.25) is 9.36 Å². The first-order valence-corrected chi connectivity index (χ1v) is 9.85. The molecule has 1 aliphatic carbocycles. The molecule has 1 unspecified atom stereocenters. The second kappa shape index (κ2) is 7.26. The summed E-state index contributed by atoms with van der Waals surface area (Å²) in [5.41, 5.74) is -1.64. The van der Waals surface area contributed by atoms with Crippen molar-refractivity contribution in [1.29, 1.82) is 0 Å². The molecule has 2 N–H and O–H groups in total. The minimum atomic E-state index is -1.19. The van der Waals surface area contributed by atoms with Crippen LogP contribution in [0.4, 0.5) is 9.18 Å². The van der Waals surface area contributed by atoms with E-state index in [0.29, 0.717) is 0 Å². The van der Waals surface area contributed by atoms with Gasteiger partial charge in [-0.05, 0) is 31.4 Å². The third kappa shape index (κ3) is 3.42. The fourth-order valence-corrected chi connectivity index (χ4v) is 4.90. The SMILES string of the molecule is O=C(O)N1CCC(O)(Cn2cnc(-c3ccccc3F)cc2=O)C2(CCCC2)C1. The van der Waals surface area contributed by atoms with E-state index in [9.17, 15) is 24.2 Å². The summed E-state index contributed by atoms with van der Waals surface area (Å²) in [5, 5.41) is 21.0. The van der Waals surface area contributed by atoms with Crippen molar-refractivity contribution in [3.63, 3.8) is 0 Å². The molecule has 0 bridgehead atoms. The Bertz CT molecular complexity index is 986. The molecule has 2 aromatic rings. The molecular formula is C21H24FN3O4. The fourth-order valence-electron chi connectivity index (χ4n) is 4.90. The standard InChI is InChI=1S/C21H24FN3O4/c22-16-6-2-1-5-15(16)17-11-18(26)25(14-23-17)13-21(29)9-10-24(19(27)28)12-20(21)7-3-4-8-20/h1-2,5-6,11,14,29H,3-4,7-10,12-13H2,(H,27,28). The van der Waals surface area contributed by atoms with Crippen molar-refractivity contribution < 1.29 is 19.4 Å². The van der Waals surface area contributed by atoms with Gasteiger partial charge >= 0.3 is 6.09 Å². The molecule has 4 rings (SSSR count). The van der Waals surface area contributed by atoms with Crippen molar-refractivity contribution in [3.05, 3.63) is 52.8 Å². The quantitative estimate of drug-likeness (QED) is 0.825. The van der Waals surface area contributed by atoms with Gasteiger partial charge in [-0.1, -0.05) is 25.0 Å². The van der Waals surface area contributed by atoms with Gasteiger partial charge in [-0.2, -0.15) is 0 Å². The number of carbonyl (C=O) groups is 1. The van der Waals surface area contributed by atoms with Gasteiger partial charge in [0.15, 0.2) is 0 Å². The van der Waals surface area contributed by atoms with Crippen molar-refractivity contribution in [2.75, 3.05) is 13.1 Å². The van der Waals surface area contributed by atoms with Crippen LogP contribution in [0, 0.1) is 11.2 Å². The van der Waals surface area contributed by atoms with E-state index < -0.39 is 22.9 Å². The van der Waals surface area contributed by atoms with Crippen LogP contribution in [0.5, 0.6) is 0 Å². The van der Waals surface area contributed by atoms with E-state index in [1.807, 2.05) is 0 Å². The summed E-state index contributed by atoms with van der Waals surface area (Å²) in [6.07, 6.45) is 3.93. The first kappa shape index (κ1) is 19.6. The Hall–Kier alpha value is -2.74. The van der Waals surface area contributed by atoms with Gasteiger partial charge < -0.3 is 15.1 Å². The summed E-state index contributed by atoms with van der Waals surface area (Å²) < 4.78 is 15.4. The second-order valence-electron chi connectivity index (χ2n) is 8.19. The van der Waals surface area contributed by atoms with Gasteiger partial charge in [-0.15, -0.1) is 0 Å². The van der Waals surface area contributed by atoms with E-state index in [-0.39, 0.29) is 42.9 Å². The minimum absolute atomic E-state index is 0.0455. The largest absolute Gasteiger partial charge is 0.465 e. The molecule has 2 aliphatic rings. The lowest BCUT2D eigenvalue weighted by molar-refractivity contribution is -0.137. The van der Waals surface area contributed by atoms with Crippen LogP contribution in [0.15, 0.2) is 41.5 Å². The third-order valence-electron chi connectivity index (χ3n) is 6.57. The average Bonchev–Trinajstić information content (AvgIpc) is 3.16. The first-order valence-electron chi connectivity index (χ1n) is 9.85. The fraction of sp³-hybridized carbons (Fsp3) is 0.476. The third-order valence-corrected chi connectivity index (χ3v) is 6.57. The lowest BCUT2D eigenvalue weighted by atomic mass is 9.66. The van der Waals surface area contributed by atoms with Crippen molar-refractivity contribution in [2.45, 2.75) is 44.2 Å². The Kier molecular flexibility index (Phi) is 4.90. The zero-order valence-corrected chi connectivity index (χ0v) is 16.1. The Labute approximate surface area is 167 Å². The molecule has 7 nitrogen and oxygen atoms in total. The molecule has 1 aromatic carbocycles. The predicted molar refractivity (Wildman–Crippen MR) is 104 cm³/mol. The van der Waals surface area contributed by atoms with Gasteiger partial charge in [0.1, 0.15) is 5.82 Å². The Morgan fingerprint density at radius 1 is 1.21 bits per heavy atom. The highest BCUT2D eigenvalue weighted by Crippen LogP contribution is 2.51. The lowest BCUT2D eigenvalue weighted by Gasteiger charge is -2.51. The smallest absolute Gasteiger partial charge is 0.407 e. The molecule has 1 spiro atoms. The molecule has 2 fully saturated rings. The summed E-state index contributed by atoms with van der Waals surface area (Å²) in [4.78, 5) is 29.8. The number of hydrogen-bond donors (Lipinski definition) is 2. The molecule has 1 aromatic heterocycles. The molecule has 1 amide bonds. The molecule has 154 valence electrons. The van der Waals surface area contributed by atoms with Gasteiger partial charge in [0.25, 0.3) is 5.56 Å². The number of likely N-dealkylation sites (tertiary alicyclic amines) is 1. The number of aliphatic hydroxyl groups is 1. The predicted octanol–water partition coefficient (Wildman–Crippen LogP) is 2.72. The van der Waals surface area contributed by atoms with E-state index in [0.717, 1.165) is 25.7 Å². The van der Waals surface area contributed by atoms with Crippen LogP contribution in [-0.2, 0) is 6.54 Å². The van der Waals surface area contributed by atoms with Crippen molar-refractivity contribution in [1.82, 2.24) is 14.5 Å². The number of halogens is 1. The summed E-state index contributed by atoms with van der Waals surface area (Å²) >= 11 is 0. The molecule has 29 heavy (non-hydrogen) atoms. The van der Waals surface area contributed by atoms with Crippen molar-refractivity contribution >= 4 is 6.09 Å². The highest BCUT2D eigenvalue weighted by Gasteiger charge is 2.55. The topological polar surface area (TPSA) is 95.7 Å². The lowest BCUT2D eigenvalue weighted by Crippen LogP contribution is -2.62. The van der Waals surface area contributed by atoms with Crippen LogP contribution in [0.3, 0.4) is 0 Å². The Balaban J connectivity index is 1.63. The zero-order chi connectivity index (χ0) is 20.6. The van der Waals surface area contributed by atoms with E-state index in [4.69, 9.17) is 0 Å². The molecule has 2 heterocycles. The van der Waals surface area contributed by atoms with E-state index >= 15 is 0 Å². The maximum absolute atomic E-state index is 14.0. The molecule has 8 heteroatoms. The van der Waals surface area contributed by atoms with Gasteiger partial charge in [0.05, 0.1) is 24.2 Å². The first-order chi connectivity index (χ1) is 13.8. The van der Waals surface area contributed by atoms with E-state index in [1.165, 1.54) is 27.9 Å². The van der Waals surface area contributed by atoms with Crippen molar-refractivity contribution in [3.8, 4) is 11.3 Å². The minimum Gasteiger partial charge on any atom is -0.465 e. The number of benzene rings is 1. The zero-order valence-electron chi connectivity index (χ0n) is 16.1. The number of nitrogens with zero attached hydrogens (tertiary/aromatic N) is 3. The maximum atomic E-state index is 14.0. The molecule has 0 radical (unpaired) electrons. The van der Waals surface area contributed by atoms with Crippen molar-refractivity contribution in [2.24, 2.45) is 5.41 Å². The number of carboxylic acid groups (broad SMARTS) is 1. The number of amides is 1. The number of rotatable bonds is 3. The van der Waals surface area contributed by atoms with Crippen LogP contribution >= 0.6 is 0 Å². The van der Waals surface area contributed by atoms with E-state index in [2.05, 4.69) is 4.98 Å². The summed E-state index contributed by atoms with van der Waals surface area (Å²) in [6, 6.07) is 7.39. The number of aromatic nitrogens is 2. The second-order valence-corrected chi connectivity index (χ2v) is 8.19. The van der Waals surface area contributed by atoms with Crippen LogP contribution in [-0.4, -0.2) is 49.4 Å². The highest BCUT2D eigenvalue weighted by molar-refractivity contribution is 5.65. The molecule has 1 saturated carbocycles. The number of piperidine rings is 1. The summed E-state index contributed by atoms with van der Waals surface area (Å²) in [6.45, 7) is 0.543. The highest BCUT2D eigenvalue weighted by atomic mass is 19.1. The maximum Gasteiger partial charge on any atom is 0.407 e. The summed E-state index contributed by atoms with van der Waals surface area (Å²) in [5.74, 6) is -0.457. The summed E-state index contributed by atoms with van der Waals surface area (Å²) in [7, 11) is 0.